The number of carbonyl (C=O) groups is 3. The Kier molecular flexibility index (Phi) is 4.74. The number of aromatic carboxylic acids is 1. The first-order chi connectivity index (χ1) is 10.9. The lowest BCUT2D eigenvalue weighted by Gasteiger charge is -2.08. The van der Waals surface area contributed by atoms with Gasteiger partial charge in [-0.3, -0.25) is 14.2 Å². The average molecular weight is 321 g/mol. The van der Waals surface area contributed by atoms with E-state index in [2.05, 4.69) is 15.5 Å². The van der Waals surface area contributed by atoms with Crippen LogP contribution in [-0.2, 0) is 23.1 Å². The number of amides is 1. The number of ether oxygens (including phenoxy) is 1. The summed E-state index contributed by atoms with van der Waals surface area (Å²) in [6, 6.07) is 0. The van der Waals surface area contributed by atoms with Crippen LogP contribution in [0.15, 0.2) is 18.6 Å². The highest BCUT2D eigenvalue weighted by atomic mass is 16.5. The molecular formula is C13H15N5O5. The number of hydrogen-bond donors (Lipinski definition) is 2. The number of esters is 1. The van der Waals surface area contributed by atoms with Crippen molar-refractivity contribution >= 4 is 23.7 Å². The van der Waals surface area contributed by atoms with Crippen molar-refractivity contribution in [2.75, 3.05) is 11.9 Å². The fourth-order valence-electron chi connectivity index (χ4n) is 1.82. The molecule has 0 atom stereocenters. The number of carbonyl (C=O) groups excluding carboxylic acids is 2. The predicted molar refractivity (Wildman–Crippen MR) is 77.0 cm³/mol. The number of nitrogens with one attached hydrogen (secondary N) is 1. The molecule has 0 unspecified atom stereocenters. The minimum atomic E-state index is -1.13. The molecule has 0 radical (unpaired) electrons. The normalized spacial score (nSPS) is 10.3. The lowest BCUT2D eigenvalue weighted by molar-refractivity contribution is -0.117. The van der Waals surface area contributed by atoms with Crippen molar-refractivity contribution in [2.45, 2.75) is 13.5 Å². The number of carboxylic acid groups (broad SMARTS) is 1. The van der Waals surface area contributed by atoms with Crippen LogP contribution in [0.1, 0.15) is 27.6 Å². The molecule has 2 aromatic rings. The van der Waals surface area contributed by atoms with Crippen LogP contribution in [0.5, 0.6) is 0 Å². The highest BCUT2D eigenvalue weighted by Gasteiger charge is 2.19. The third kappa shape index (κ3) is 3.73. The zero-order chi connectivity index (χ0) is 17.0. The lowest BCUT2D eigenvalue weighted by Crippen LogP contribution is -2.22. The van der Waals surface area contributed by atoms with E-state index in [-0.39, 0.29) is 30.1 Å². The smallest absolute Gasteiger partial charge is 0.343 e. The van der Waals surface area contributed by atoms with Crippen LogP contribution >= 0.6 is 0 Å². The SMILES string of the molecule is CCOC(=O)c1cnn(C)c1NC(=O)Cn1cc(C(=O)O)cn1. The highest BCUT2D eigenvalue weighted by molar-refractivity contribution is 6.00. The van der Waals surface area contributed by atoms with Gasteiger partial charge in [-0.05, 0) is 6.92 Å². The zero-order valence-electron chi connectivity index (χ0n) is 12.5. The largest absolute Gasteiger partial charge is 0.478 e. The van der Waals surface area contributed by atoms with Gasteiger partial charge in [-0.2, -0.15) is 10.2 Å². The third-order valence-corrected chi connectivity index (χ3v) is 2.88. The Morgan fingerprint density at radius 3 is 2.65 bits per heavy atom. The molecule has 2 N–H and O–H groups in total. The van der Waals surface area contributed by atoms with Crippen molar-refractivity contribution in [3.05, 3.63) is 29.7 Å². The molecular weight excluding hydrogens is 306 g/mol. The van der Waals surface area contributed by atoms with Crippen LogP contribution in [0.25, 0.3) is 0 Å². The Morgan fingerprint density at radius 2 is 2.04 bits per heavy atom. The molecule has 0 aliphatic carbocycles. The summed E-state index contributed by atoms with van der Waals surface area (Å²) in [7, 11) is 1.56. The van der Waals surface area contributed by atoms with E-state index in [0.717, 1.165) is 6.20 Å². The molecule has 10 heteroatoms. The van der Waals surface area contributed by atoms with Crippen molar-refractivity contribution < 1.29 is 24.2 Å². The summed E-state index contributed by atoms with van der Waals surface area (Å²) in [4.78, 5) is 34.6. The van der Waals surface area contributed by atoms with E-state index in [4.69, 9.17) is 9.84 Å². The van der Waals surface area contributed by atoms with E-state index in [1.54, 1.807) is 14.0 Å². The van der Waals surface area contributed by atoms with Gasteiger partial charge in [-0.1, -0.05) is 0 Å². The second kappa shape index (κ2) is 6.73. The first-order valence-electron chi connectivity index (χ1n) is 6.67. The number of carboxylic acids is 1. The molecule has 0 fully saturated rings. The van der Waals surface area contributed by atoms with Gasteiger partial charge >= 0.3 is 11.9 Å². The molecule has 10 nitrogen and oxygen atoms in total. The molecule has 0 aliphatic rings. The first-order valence-corrected chi connectivity index (χ1v) is 6.67. The van der Waals surface area contributed by atoms with Gasteiger partial charge in [0.1, 0.15) is 17.9 Å². The van der Waals surface area contributed by atoms with Crippen LogP contribution in [0, 0.1) is 0 Å². The summed E-state index contributed by atoms with van der Waals surface area (Å²) in [6.45, 7) is 1.66. The Labute approximate surface area is 130 Å². The molecule has 2 rings (SSSR count). The maximum absolute atomic E-state index is 12.0. The molecule has 0 spiro atoms. The minimum Gasteiger partial charge on any atom is -0.478 e. The van der Waals surface area contributed by atoms with Crippen LogP contribution in [0.4, 0.5) is 5.82 Å². The Hall–Kier alpha value is -3.17. The Bertz CT molecular complexity index is 748. The number of aryl methyl sites for hydroxylation is 1. The van der Waals surface area contributed by atoms with Gasteiger partial charge in [0.15, 0.2) is 0 Å². The molecule has 2 heterocycles. The number of rotatable bonds is 6. The second-order valence-corrected chi connectivity index (χ2v) is 4.53. The van der Waals surface area contributed by atoms with Crippen LogP contribution < -0.4 is 5.32 Å². The number of anilines is 1. The molecule has 2 aromatic heterocycles. The van der Waals surface area contributed by atoms with Gasteiger partial charge in [0.2, 0.25) is 5.91 Å². The summed E-state index contributed by atoms with van der Waals surface area (Å²) >= 11 is 0. The van der Waals surface area contributed by atoms with E-state index >= 15 is 0 Å². The fraction of sp³-hybridized carbons (Fsp3) is 0.308. The maximum Gasteiger partial charge on any atom is 0.343 e. The van der Waals surface area contributed by atoms with Crippen LogP contribution in [0.2, 0.25) is 0 Å². The van der Waals surface area contributed by atoms with Crippen molar-refractivity contribution in [2.24, 2.45) is 7.05 Å². The standard InChI is InChI=1S/C13H15N5O5/c1-3-23-13(22)9-5-14-17(2)11(9)16-10(19)7-18-6-8(4-15-18)12(20)21/h4-6H,3,7H2,1-2H3,(H,16,19)(H,20,21). The fourth-order valence-corrected chi connectivity index (χ4v) is 1.82. The van der Waals surface area contributed by atoms with Crippen LogP contribution in [-0.4, -0.2) is 49.1 Å². The first kappa shape index (κ1) is 16.2. The van der Waals surface area contributed by atoms with Gasteiger partial charge in [0.25, 0.3) is 0 Å². The Balaban J connectivity index is 2.09. The summed E-state index contributed by atoms with van der Waals surface area (Å²) in [5.74, 6) is -2.02. The molecule has 23 heavy (non-hydrogen) atoms. The topological polar surface area (TPSA) is 128 Å². The van der Waals surface area contributed by atoms with E-state index in [9.17, 15) is 14.4 Å². The van der Waals surface area contributed by atoms with E-state index < -0.39 is 17.8 Å². The number of aromatic nitrogens is 4. The molecule has 0 aliphatic heterocycles. The quantitative estimate of drug-likeness (QED) is 0.723. The zero-order valence-corrected chi connectivity index (χ0v) is 12.5. The van der Waals surface area contributed by atoms with Gasteiger partial charge in [-0.25, -0.2) is 9.59 Å². The highest BCUT2D eigenvalue weighted by Crippen LogP contribution is 2.15. The van der Waals surface area contributed by atoms with Gasteiger partial charge in [-0.15, -0.1) is 0 Å². The number of nitrogens with zero attached hydrogens (tertiary/aromatic N) is 4. The maximum atomic E-state index is 12.0. The monoisotopic (exact) mass is 321 g/mol. The van der Waals surface area contributed by atoms with E-state index in [1.807, 2.05) is 0 Å². The minimum absolute atomic E-state index is 0.0226. The summed E-state index contributed by atoms with van der Waals surface area (Å²) in [5.41, 5.74) is 0.111. The molecule has 0 aromatic carbocycles. The predicted octanol–water partition coefficient (Wildman–Crippen LogP) is 0.130. The van der Waals surface area contributed by atoms with Crippen molar-refractivity contribution in [1.29, 1.82) is 0 Å². The molecule has 0 saturated heterocycles. The Morgan fingerprint density at radius 1 is 1.30 bits per heavy atom. The molecule has 122 valence electrons. The molecule has 0 bridgehead atoms. The van der Waals surface area contributed by atoms with Crippen molar-refractivity contribution in [3.8, 4) is 0 Å². The number of hydrogen-bond acceptors (Lipinski definition) is 6. The van der Waals surface area contributed by atoms with Gasteiger partial charge < -0.3 is 15.2 Å². The second-order valence-electron chi connectivity index (χ2n) is 4.53. The summed E-state index contributed by atoms with van der Waals surface area (Å²) in [5, 5.41) is 19.0. The van der Waals surface area contributed by atoms with Crippen molar-refractivity contribution in [3.63, 3.8) is 0 Å². The average Bonchev–Trinajstić information content (AvgIpc) is 3.07. The van der Waals surface area contributed by atoms with Gasteiger partial charge in [0, 0.05) is 13.2 Å². The van der Waals surface area contributed by atoms with Crippen LogP contribution in [0.3, 0.4) is 0 Å². The van der Waals surface area contributed by atoms with E-state index in [1.165, 1.54) is 21.8 Å². The van der Waals surface area contributed by atoms with Crippen molar-refractivity contribution in [1.82, 2.24) is 19.6 Å². The van der Waals surface area contributed by atoms with E-state index in [0.29, 0.717) is 0 Å². The molecule has 0 saturated carbocycles. The van der Waals surface area contributed by atoms with Gasteiger partial charge in [0.05, 0.1) is 24.6 Å². The summed E-state index contributed by atoms with van der Waals surface area (Å²) in [6.07, 6.45) is 3.67. The third-order valence-electron chi connectivity index (χ3n) is 2.88. The summed E-state index contributed by atoms with van der Waals surface area (Å²) < 4.78 is 7.39. The lowest BCUT2D eigenvalue weighted by atomic mass is 10.3. The molecule has 1 amide bonds.